The Kier molecular flexibility index (Phi) is 5.72. The minimum Gasteiger partial charge on any atom is -0.337 e. The molecule has 0 unspecified atom stereocenters. The van der Waals surface area contributed by atoms with Gasteiger partial charge in [-0.1, -0.05) is 45.4 Å². The Bertz CT molecular complexity index is 1200. The van der Waals surface area contributed by atoms with Crippen LogP contribution in [0.4, 0.5) is 5.00 Å². The highest BCUT2D eigenvalue weighted by molar-refractivity contribution is 7.16. The molecular weight excluding hydrogens is 406 g/mol. The predicted molar refractivity (Wildman–Crippen MR) is 125 cm³/mol. The Balaban J connectivity index is 1.56. The number of nitrogens with one attached hydrogen (secondary N) is 1. The molecule has 2 heterocycles. The molecule has 5 nitrogen and oxygen atoms in total. The van der Waals surface area contributed by atoms with E-state index in [9.17, 15) is 14.9 Å². The number of hydrogen-bond donors (Lipinski definition) is 1. The van der Waals surface area contributed by atoms with E-state index in [-0.39, 0.29) is 17.9 Å². The van der Waals surface area contributed by atoms with E-state index in [1.807, 2.05) is 24.3 Å². The van der Waals surface area contributed by atoms with Crippen molar-refractivity contribution in [1.29, 1.82) is 5.26 Å². The lowest BCUT2D eigenvalue weighted by Crippen LogP contribution is -2.28. The second-order valence-corrected chi connectivity index (χ2v) is 10.1. The number of thiophene rings is 1. The van der Waals surface area contributed by atoms with E-state index in [1.165, 1.54) is 4.88 Å². The van der Waals surface area contributed by atoms with Gasteiger partial charge in [0.15, 0.2) is 6.29 Å². The Morgan fingerprint density at radius 2 is 2.16 bits per heavy atom. The van der Waals surface area contributed by atoms with E-state index in [0.29, 0.717) is 22.0 Å². The third-order valence-electron chi connectivity index (χ3n) is 6.91. The molecule has 0 bridgehead atoms. The van der Waals surface area contributed by atoms with Gasteiger partial charge >= 0.3 is 0 Å². The smallest absolute Gasteiger partial charge is 0.244 e. The van der Waals surface area contributed by atoms with Gasteiger partial charge < -0.3 is 9.88 Å². The molecule has 0 saturated heterocycles. The van der Waals surface area contributed by atoms with Gasteiger partial charge in [-0.15, -0.1) is 11.3 Å². The molecule has 0 fully saturated rings. The zero-order valence-electron chi connectivity index (χ0n) is 18.2. The average Bonchev–Trinajstić information content (AvgIpc) is 3.30. The van der Waals surface area contributed by atoms with E-state index >= 15 is 0 Å². The van der Waals surface area contributed by atoms with Gasteiger partial charge in [0.1, 0.15) is 17.6 Å². The zero-order valence-corrected chi connectivity index (χ0v) is 19.0. The molecule has 1 aromatic carbocycles. The molecule has 1 N–H and O–H groups in total. The first-order valence-corrected chi connectivity index (χ1v) is 11.6. The monoisotopic (exact) mass is 433 g/mol. The molecule has 1 atom stereocenters. The van der Waals surface area contributed by atoms with Gasteiger partial charge in [0.05, 0.1) is 5.56 Å². The maximum atomic E-state index is 12.9. The van der Waals surface area contributed by atoms with E-state index in [4.69, 9.17) is 0 Å². The fraction of sp³-hybridized carbons (Fsp3) is 0.400. The van der Waals surface area contributed by atoms with Crippen molar-refractivity contribution in [3.63, 3.8) is 0 Å². The number of fused-ring (bicyclic) bond motifs is 2. The summed E-state index contributed by atoms with van der Waals surface area (Å²) in [5, 5.41) is 14.2. The summed E-state index contributed by atoms with van der Waals surface area (Å²) >= 11 is 1.55. The van der Waals surface area contributed by atoms with Crippen molar-refractivity contribution in [3.05, 3.63) is 52.0 Å². The lowest BCUT2D eigenvalue weighted by molar-refractivity contribution is -0.116. The molecule has 160 valence electrons. The summed E-state index contributed by atoms with van der Waals surface area (Å²) in [7, 11) is 0. The quantitative estimate of drug-likeness (QED) is 0.517. The number of hydrogen-bond acceptors (Lipinski definition) is 4. The zero-order chi connectivity index (χ0) is 22.2. The van der Waals surface area contributed by atoms with Crippen LogP contribution in [-0.2, 0) is 24.2 Å². The summed E-state index contributed by atoms with van der Waals surface area (Å²) in [6.45, 7) is 6.96. The summed E-state index contributed by atoms with van der Waals surface area (Å²) in [5.74, 6) is 0.394. The van der Waals surface area contributed by atoms with Gasteiger partial charge in [-0.2, -0.15) is 5.26 Å². The van der Waals surface area contributed by atoms with Crippen LogP contribution in [0.3, 0.4) is 0 Å². The third-order valence-corrected chi connectivity index (χ3v) is 8.08. The van der Waals surface area contributed by atoms with E-state index in [1.54, 1.807) is 22.1 Å². The topological polar surface area (TPSA) is 74.9 Å². The van der Waals surface area contributed by atoms with Crippen LogP contribution >= 0.6 is 11.3 Å². The standard InChI is InChI=1S/C25H27N3O2S/c1-4-25(2,3)17-9-10-19-20(12-26)24(31-22(19)11-17)27-23(30)14-28-13-16(15-29)18-7-5-6-8-21(18)28/h5-8,13,15,17H,4,9-11,14H2,1-3H3,(H,27,30)/t17-/m0/s1. The third kappa shape index (κ3) is 3.90. The summed E-state index contributed by atoms with van der Waals surface area (Å²) in [5.41, 5.74) is 3.41. The van der Waals surface area contributed by atoms with Gasteiger partial charge in [-0.05, 0) is 42.2 Å². The Morgan fingerprint density at radius 3 is 2.87 bits per heavy atom. The Labute approximate surface area is 186 Å². The molecule has 1 amide bonds. The number of benzene rings is 1. The number of anilines is 1. The summed E-state index contributed by atoms with van der Waals surface area (Å²) in [6, 6.07) is 9.87. The molecule has 0 spiro atoms. The fourth-order valence-corrected chi connectivity index (χ4v) is 5.86. The molecule has 2 aromatic heterocycles. The Morgan fingerprint density at radius 1 is 1.39 bits per heavy atom. The Hall–Kier alpha value is -2.91. The largest absolute Gasteiger partial charge is 0.337 e. The number of para-hydroxylation sites is 1. The summed E-state index contributed by atoms with van der Waals surface area (Å²) in [4.78, 5) is 25.5. The minimum absolute atomic E-state index is 0.0906. The van der Waals surface area contributed by atoms with Crippen LogP contribution in [0.2, 0.25) is 0 Å². The molecule has 31 heavy (non-hydrogen) atoms. The molecule has 0 saturated carbocycles. The fourth-order valence-electron chi connectivity index (χ4n) is 4.57. The van der Waals surface area contributed by atoms with Crippen LogP contribution in [0, 0.1) is 22.7 Å². The number of carbonyl (C=O) groups is 2. The number of carbonyl (C=O) groups excluding carboxylic acids is 2. The van der Waals surface area contributed by atoms with Gasteiger partial charge in [-0.3, -0.25) is 9.59 Å². The van der Waals surface area contributed by atoms with Crippen molar-refractivity contribution in [2.75, 3.05) is 5.32 Å². The molecule has 0 aliphatic heterocycles. The van der Waals surface area contributed by atoms with Crippen LogP contribution in [0.15, 0.2) is 30.5 Å². The molecule has 6 heteroatoms. The van der Waals surface area contributed by atoms with Crippen LogP contribution in [-0.4, -0.2) is 16.8 Å². The minimum atomic E-state index is -0.196. The highest BCUT2D eigenvalue weighted by Crippen LogP contribution is 2.45. The number of aldehydes is 1. The lowest BCUT2D eigenvalue weighted by Gasteiger charge is -2.36. The molecule has 4 rings (SSSR count). The van der Waals surface area contributed by atoms with Crippen LogP contribution in [0.5, 0.6) is 0 Å². The summed E-state index contributed by atoms with van der Waals surface area (Å²) in [6.07, 6.45) is 6.59. The van der Waals surface area contributed by atoms with Crippen molar-refractivity contribution in [1.82, 2.24) is 4.57 Å². The summed E-state index contributed by atoms with van der Waals surface area (Å²) < 4.78 is 1.79. The predicted octanol–water partition coefficient (Wildman–Crippen LogP) is 5.57. The number of rotatable bonds is 6. The van der Waals surface area contributed by atoms with Crippen molar-refractivity contribution in [3.8, 4) is 6.07 Å². The second-order valence-electron chi connectivity index (χ2n) is 9.00. The van der Waals surface area contributed by atoms with Crippen LogP contribution in [0.1, 0.15) is 60.0 Å². The van der Waals surface area contributed by atoms with Gasteiger partial charge in [0, 0.05) is 27.5 Å². The average molecular weight is 434 g/mol. The maximum absolute atomic E-state index is 12.9. The number of aromatic nitrogens is 1. The molecular formula is C25H27N3O2S. The number of nitriles is 1. The molecule has 1 aliphatic rings. The van der Waals surface area contributed by atoms with Gasteiger partial charge in [-0.25, -0.2) is 0 Å². The SMILES string of the molecule is CCC(C)(C)[C@H]1CCc2c(sc(NC(=O)Cn3cc(C=O)c4ccccc43)c2C#N)C1. The normalized spacial score (nSPS) is 16.0. The van der Waals surface area contributed by atoms with Crippen molar-refractivity contribution in [2.45, 2.75) is 53.0 Å². The first-order valence-electron chi connectivity index (χ1n) is 10.8. The van der Waals surface area contributed by atoms with E-state index in [0.717, 1.165) is 48.4 Å². The number of nitrogens with zero attached hydrogens (tertiary/aromatic N) is 2. The highest BCUT2D eigenvalue weighted by Gasteiger charge is 2.34. The van der Waals surface area contributed by atoms with Gasteiger partial charge in [0.2, 0.25) is 5.91 Å². The molecule has 3 aromatic rings. The van der Waals surface area contributed by atoms with Crippen molar-refractivity contribution in [2.24, 2.45) is 11.3 Å². The van der Waals surface area contributed by atoms with Crippen LogP contribution in [0.25, 0.3) is 10.9 Å². The maximum Gasteiger partial charge on any atom is 0.244 e. The number of amides is 1. The highest BCUT2D eigenvalue weighted by atomic mass is 32.1. The van der Waals surface area contributed by atoms with Gasteiger partial charge in [0.25, 0.3) is 0 Å². The lowest BCUT2D eigenvalue weighted by atomic mass is 9.69. The van der Waals surface area contributed by atoms with E-state index < -0.39 is 0 Å². The molecule has 1 aliphatic carbocycles. The molecule has 0 radical (unpaired) electrons. The first-order chi connectivity index (χ1) is 14.9. The van der Waals surface area contributed by atoms with E-state index in [2.05, 4.69) is 32.2 Å². The van der Waals surface area contributed by atoms with Crippen molar-refractivity contribution >= 4 is 39.4 Å². The van der Waals surface area contributed by atoms with Crippen LogP contribution < -0.4 is 5.32 Å². The first kappa shape index (κ1) is 21.3. The second kappa shape index (κ2) is 8.32. The van der Waals surface area contributed by atoms with Crippen molar-refractivity contribution < 1.29 is 9.59 Å².